The third kappa shape index (κ3) is 3.01. The molecule has 1 aliphatic heterocycles. The van der Waals surface area contributed by atoms with Crippen molar-refractivity contribution in [1.29, 1.82) is 0 Å². The highest BCUT2D eigenvalue weighted by atomic mass is 16.3. The molecular weight excluding hydrogens is 266 g/mol. The number of hydrogen-bond acceptors (Lipinski definition) is 3. The molecule has 5 heteroatoms. The second-order valence-electron chi connectivity index (χ2n) is 5.88. The maximum atomic E-state index is 12.6. The number of rotatable bonds is 3. The zero-order valence-corrected chi connectivity index (χ0v) is 12.5. The summed E-state index contributed by atoms with van der Waals surface area (Å²) in [5.74, 6) is 2.49. The monoisotopic (exact) mass is 287 g/mol. The van der Waals surface area contributed by atoms with E-state index in [9.17, 15) is 4.79 Å². The molecule has 0 bridgehead atoms. The Hall–Kier alpha value is -2.04. The minimum Gasteiger partial charge on any atom is -0.464 e. The first kappa shape index (κ1) is 13.9. The largest absolute Gasteiger partial charge is 0.464 e. The summed E-state index contributed by atoms with van der Waals surface area (Å²) in [5, 5.41) is 4.11. The molecule has 1 fully saturated rings. The van der Waals surface area contributed by atoms with Gasteiger partial charge in [0.05, 0.1) is 6.04 Å². The Morgan fingerprint density at radius 3 is 3.00 bits per heavy atom. The van der Waals surface area contributed by atoms with Crippen LogP contribution in [0.5, 0.6) is 0 Å². The van der Waals surface area contributed by atoms with Gasteiger partial charge in [-0.2, -0.15) is 5.10 Å². The van der Waals surface area contributed by atoms with Gasteiger partial charge in [-0.15, -0.1) is 0 Å². The van der Waals surface area contributed by atoms with Crippen LogP contribution >= 0.6 is 0 Å². The summed E-state index contributed by atoms with van der Waals surface area (Å²) in [6.45, 7) is 5.24. The van der Waals surface area contributed by atoms with Crippen LogP contribution in [0.2, 0.25) is 0 Å². The highest BCUT2D eigenvalue weighted by Crippen LogP contribution is 2.35. The lowest BCUT2D eigenvalue weighted by Crippen LogP contribution is -2.42. The van der Waals surface area contributed by atoms with Crippen molar-refractivity contribution in [2.45, 2.75) is 39.3 Å². The number of aromatic nitrogens is 2. The van der Waals surface area contributed by atoms with E-state index in [0.29, 0.717) is 5.92 Å². The van der Waals surface area contributed by atoms with Crippen molar-refractivity contribution >= 4 is 5.91 Å². The van der Waals surface area contributed by atoms with Crippen LogP contribution in [-0.4, -0.2) is 27.1 Å². The molecular formula is C16H21N3O2. The molecule has 3 rings (SSSR count). The molecule has 0 saturated carbocycles. The number of aryl methyl sites for hydroxylation is 1. The predicted octanol–water partition coefficient (Wildman–Crippen LogP) is 2.78. The summed E-state index contributed by atoms with van der Waals surface area (Å²) in [7, 11) is 0. The summed E-state index contributed by atoms with van der Waals surface area (Å²) >= 11 is 0. The predicted molar refractivity (Wildman–Crippen MR) is 78.5 cm³/mol. The lowest BCUT2D eigenvalue weighted by Gasteiger charge is -2.37. The van der Waals surface area contributed by atoms with Crippen LogP contribution in [0, 0.1) is 12.8 Å². The molecule has 2 atom stereocenters. The third-order valence-electron chi connectivity index (χ3n) is 4.13. The van der Waals surface area contributed by atoms with Crippen molar-refractivity contribution in [1.82, 2.24) is 14.7 Å². The van der Waals surface area contributed by atoms with Gasteiger partial charge >= 0.3 is 0 Å². The molecule has 3 heterocycles. The van der Waals surface area contributed by atoms with Crippen molar-refractivity contribution in [3.8, 4) is 0 Å². The van der Waals surface area contributed by atoms with Gasteiger partial charge in [0.15, 0.2) is 0 Å². The van der Waals surface area contributed by atoms with E-state index in [0.717, 1.165) is 30.9 Å². The van der Waals surface area contributed by atoms with Gasteiger partial charge < -0.3 is 9.32 Å². The van der Waals surface area contributed by atoms with E-state index < -0.39 is 0 Å². The van der Waals surface area contributed by atoms with Crippen LogP contribution in [0.15, 0.2) is 35.0 Å². The highest BCUT2D eigenvalue weighted by molar-refractivity contribution is 5.76. The molecule has 1 aliphatic rings. The van der Waals surface area contributed by atoms with Crippen molar-refractivity contribution in [2.24, 2.45) is 5.92 Å². The first-order valence-corrected chi connectivity index (χ1v) is 7.46. The molecule has 112 valence electrons. The molecule has 0 aromatic carbocycles. The van der Waals surface area contributed by atoms with E-state index in [1.165, 1.54) is 0 Å². The van der Waals surface area contributed by atoms with Gasteiger partial charge in [0.2, 0.25) is 5.91 Å². The van der Waals surface area contributed by atoms with Crippen LogP contribution in [0.3, 0.4) is 0 Å². The lowest BCUT2D eigenvalue weighted by atomic mass is 9.91. The molecule has 0 N–H and O–H groups in total. The Kier molecular flexibility index (Phi) is 3.82. The van der Waals surface area contributed by atoms with Gasteiger partial charge in [-0.3, -0.25) is 9.48 Å². The van der Waals surface area contributed by atoms with Crippen molar-refractivity contribution < 1.29 is 9.21 Å². The number of furan rings is 1. The number of carbonyl (C=O) groups excluding carboxylic acids is 1. The minimum absolute atomic E-state index is 0.0468. The Morgan fingerprint density at radius 1 is 1.48 bits per heavy atom. The Bertz CT molecular complexity index is 603. The highest BCUT2D eigenvalue weighted by Gasteiger charge is 2.32. The molecule has 2 unspecified atom stereocenters. The molecule has 2 aromatic rings. The molecule has 21 heavy (non-hydrogen) atoms. The summed E-state index contributed by atoms with van der Waals surface area (Å²) in [6, 6.07) is 5.83. The average molecular weight is 287 g/mol. The maximum Gasteiger partial charge on any atom is 0.244 e. The lowest BCUT2D eigenvalue weighted by molar-refractivity contribution is -0.137. The van der Waals surface area contributed by atoms with Gasteiger partial charge in [-0.05, 0) is 43.9 Å². The quantitative estimate of drug-likeness (QED) is 0.872. The second kappa shape index (κ2) is 5.76. The SMILES string of the molecule is Cc1ccc(C2CC(C)CCN2C(=O)Cn2cccn2)o1. The number of likely N-dealkylation sites (tertiary alicyclic amines) is 1. The average Bonchev–Trinajstić information content (AvgIpc) is 3.10. The normalized spacial score (nSPS) is 22.5. The Balaban J connectivity index is 1.79. The fourth-order valence-electron chi connectivity index (χ4n) is 2.97. The molecule has 0 spiro atoms. The number of carbonyl (C=O) groups is 1. The molecule has 5 nitrogen and oxygen atoms in total. The van der Waals surface area contributed by atoms with E-state index in [-0.39, 0.29) is 18.5 Å². The van der Waals surface area contributed by atoms with E-state index in [2.05, 4.69) is 12.0 Å². The van der Waals surface area contributed by atoms with Gasteiger partial charge in [-0.1, -0.05) is 6.92 Å². The van der Waals surface area contributed by atoms with Crippen LogP contribution < -0.4 is 0 Å². The molecule has 2 aromatic heterocycles. The summed E-state index contributed by atoms with van der Waals surface area (Å²) in [5.41, 5.74) is 0. The second-order valence-corrected chi connectivity index (χ2v) is 5.88. The van der Waals surface area contributed by atoms with Crippen LogP contribution in [0.25, 0.3) is 0 Å². The fraction of sp³-hybridized carbons (Fsp3) is 0.500. The molecule has 0 aliphatic carbocycles. The zero-order valence-electron chi connectivity index (χ0n) is 12.5. The van der Waals surface area contributed by atoms with Crippen molar-refractivity contribution in [3.63, 3.8) is 0 Å². The number of amides is 1. The Labute approximate surface area is 124 Å². The summed E-state index contributed by atoms with van der Waals surface area (Å²) in [4.78, 5) is 14.5. The van der Waals surface area contributed by atoms with E-state index in [1.807, 2.05) is 36.2 Å². The zero-order chi connectivity index (χ0) is 14.8. The number of nitrogens with zero attached hydrogens (tertiary/aromatic N) is 3. The maximum absolute atomic E-state index is 12.6. The smallest absolute Gasteiger partial charge is 0.244 e. The number of hydrogen-bond donors (Lipinski definition) is 0. The standard InChI is InChI=1S/C16H21N3O2/c1-12-6-9-19(16(20)11-18-8-3-7-17-18)14(10-12)15-5-4-13(2)21-15/h3-5,7-8,12,14H,6,9-11H2,1-2H3. The van der Waals surface area contributed by atoms with Crippen LogP contribution in [-0.2, 0) is 11.3 Å². The van der Waals surface area contributed by atoms with E-state index >= 15 is 0 Å². The van der Waals surface area contributed by atoms with Crippen LogP contribution in [0.4, 0.5) is 0 Å². The first-order chi connectivity index (χ1) is 10.1. The van der Waals surface area contributed by atoms with Gasteiger partial charge in [0.25, 0.3) is 0 Å². The first-order valence-electron chi connectivity index (χ1n) is 7.46. The molecule has 1 saturated heterocycles. The van der Waals surface area contributed by atoms with Gasteiger partial charge in [-0.25, -0.2) is 0 Å². The number of piperidine rings is 1. The fourth-order valence-corrected chi connectivity index (χ4v) is 2.97. The minimum atomic E-state index is 0.0468. The summed E-state index contributed by atoms with van der Waals surface area (Å²) < 4.78 is 7.44. The third-order valence-corrected chi connectivity index (χ3v) is 4.13. The van der Waals surface area contributed by atoms with Crippen molar-refractivity contribution in [3.05, 3.63) is 42.1 Å². The molecule has 0 radical (unpaired) electrons. The topological polar surface area (TPSA) is 51.3 Å². The van der Waals surface area contributed by atoms with Gasteiger partial charge in [0, 0.05) is 18.9 Å². The van der Waals surface area contributed by atoms with Gasteiger partial charge in [0.1, 0.15) is 18.1 Å². The van der Waals surface area contributed by atoms with Crippen LogP contribution in [0.1, 0.15) is 37.3 Å². The van der Waals surface area contributed by atoms with E-state index in [1.54, 1.807) is 10.9 Å². The van der Waals surface area contributed by atoms with E-state index in [4.69, 9.17) is 4.42 Å². The Morgan fingerprint density at radius 2 is 2.33 bits per heavy atom. The summed E-state index contributed by atoms with van der Waals surface area (Å²) in [6.07, 6.45) is 5.51. The van der Waals surface area contributed by atoms with Crippen molar-refractivity contribution in [2.75, 3.05) is 6.54 Å². The molecule has 1 amide bonds.